The number of fused-ring (bicyclic) bond motifs is 1. The quantitative estimate of drug-likeness (QED) is 0.869. The normalized spacial score (nSPS) is 21.8. The fraction of sp³-hybridized carbons (Fsp3) is 0.611. The Morgan fingerprint density at radius 3 is 2.75 bits per heavy atom. The number of amides is 1. The van der Waals surface area contributed by atoms with Gasteiger partial charge in [0, 0.05) is 11.3 Å². The van der Waals surface area contributed by atoms with Crippen LogP contribution >= 0.6 is 11.3 Å². The molecule has 1 aromatic rings. The molecule has 1 saturated carbocycles. The molecule has 0 aliphatic heterocycles. The number of hydrogen-bond donors (Lipinski definition) is 2. The predicted molar refractivity (Wildman–Crippen MR) is 92.0 cm³/mol. The number of carboxylic acids is 1. The largest absolute Gasteiger partial charge is 0.481 e. The molecule has 2 N–H and O–H groups in total. The molecule has 1 aromatic heterocycles. The van der Waals surface area contributed by atoms with Crippen molar-refractivity contribution in [3.8, 4) is 6.07 Å². The molecule has 128 valence electrons. The van der Waals surface area contributed by atoms with Crippen molar-refractivity contribution in [2.45, 2.75) is 58.3 Å². The average molecular weight is 346 g/mol. The van der Waals surface area contributed by atoms with Gasteiger partial charge in [0.2, 0.25) is 5.91 Å². The second-order valence-electron chi connectivity index (χ2n) is 7.19. The summed E-state index contributed by atoms with van der Waals surface area (Å²) in [5, 5.41) is 22.4. The molecular formula is C18H22N2O3S. The third kappa shape index (κ3) is 3.05. The van der Waals surface area contributed by atoms with E-state index in [4.69, 9.17) is 0 Å². The lowest BCUT2D eigenvalue weighted by Gasteiger charge is -2.22. The molecule has 24 heavy (non-hydrogen) atoms. The number of carboxylic acid groups (broad SMARTS) is 1. The molecule has 0 bridgehead atoms. The Kier molecular flexibility index (Phi) is 4.64. The van der Waals surface area contributed by atoms with Crippen molar-refractivity contribution >= 4 is 28.2 Å². The first-order chi connectivity index (χ1) is 11.4. The number of nitriles is 1. The van der Waals surface area contributed by atoms with Crippen LogP contribution in [-0.2, 0) is 22.4 Å². The van der Waals surface area contributed by atoms with Crippen LogP contribution in [0.3, 0.4) is 0 Å². The van der Waals surface area contributed by atoms with Crippen LogP contribution < -0.4 is 5.32 Å². The standard InChI is InChI=1S/C18H22N2O3S/c1-11-4-5-12-13(10-19)16(24-14(12)8-11)20-15(21)9-18(17(22)23)6-2-3-7-18/h11H,2-9H2,1H3,(H,20,21)(H,22,23)/t11-/m0/s1. The minimum atomic E-state index is -0.928. The second kappa shape index (κ2) is 6.56. The van der Waals surface area contributed by atoms with Crippen molar-refractivity contribution in [2.24, 2.45) is 11.3 Å². The third-order valence-corrected chi connectivity index (χ3v) is 6.56. The molecule has 1 atom stereocenters. The van der Waals surface area contributed by atoms with Crippen molar-refractivity contribution < 1.29 is 14.7 Å². The van der Waals surface area contributed by atoms with Crippen LogP contribution in [0.15, 0.2) is 0 Å². The molecular weight excluding hydrogens is 324 g/mol. The maximum atomic E-state index is 12.4. The van der Waals surface area contributed by atoms with E-state index < -0.39 is 11.4 Å². The minimum Gasteiger partial charge on any atom is -0.481 e. The molecule has 2 aliphatic carbocycles. The van der Waals surface area contributed by atoms with Crippen molar-refractivity contribution in [2.75, 3.05) is 5.32 Å². The van der Waals surface area contributed by atoms with Crippen molar-refractivity contribution in [3.63, 3.8) is 0 Å². The van der Waals surface area contributed by atoms with Crippen LogP contribution in [0.2, 0.25) is 0 Å². The molecule has 0 unspecified atom stereocenters. The summed E-state index contributed by atoms with van der Waals surface area (Å²) >= 11 is 1.48. The fourth-order valence-electron chi connectivity index (χ4n) is 3.95. The lowest BCUT2D eigenvalue weighted by Crippen LogP contribution is -2.32. The van der Waals surface area contributed by atoms with E-state index in [9.17, 15) is 20.0 Å². The van der Waals surface area contributed by atoms with E-state index in [-0.39, 0.29) is 12.3 Å². The number of hydrogen-bond acceptors (Lipinski definition) is 4. The zero-order chi connectivity index (χ0) is 17.3. The summed E-state index contributed by atoms with van der Waals surface area (Å²) in [6, 6.07) is 2.23. The lowest BCUT2D eigenvalue weighted by molar-refractivity contribution is -0.150. The van der Waals surface area contributed by atoms with Gasteiger partial charge < -0.3 is 10.4 Å². The van der Waals surface area contributed by atoms with Gasteiger partial charge >= 0.3 is 5.97 Å². The number of aliphatic carboxylic acids is 1. The number of rotatable bonds is 4. The van der Waals surface area contributed by atoms with Crippen LogP contribution in [0.25, 0.3) is 0 Å². The van der Waals surface area contributed by atoms with Gasteiger partial charge in [-0.25, -0.2) is 0 Å². The first kappa shape index (κ1) is 17.0. The van der Waals surface area contributed by atoms with E-state index in [2.05, 4.69) is 18.3 Å². The molecule has 0 spiro atoms. The number of carbonyl (C=O) groups is 2. The van der Waals surface area contributed by atoms with Gasteiger partial charge in [0.05, 0.1) is 11.0 Å². The summed E-state index contributed by atoms with van der Waals surface area (Å²) in [5.74, 6) is -0.572. The summed E-state index contributed by atoms with van der Waals surface area (Å²) in [7, 11) is 0. The number of carbonyl (C=O) groups excluding carboxylic acids is 1. The fourth-order valence-corrected chi connectivity index (χ4v) is 5.33. The smallest absolute Gasteiger partial charge is 0.310 e. The van der Waals surface area contributed by atoms with E-state index >= 15 is 0 Å². The Labute approximate surface area is 145 Å². The first-order valence-electron chi connectivity index (χ1n) is 8.53. The van der Waals surface area contributed by atoms with Crippen LogP contribution in [-0.4, -0.2) is 17.0 Å². The van der Waals surface area contributed by atoms with Gasteiger partial charge in [-0.1, -0.05) is 19.8 Å². The molecule has 0 radical (unpaired) electrons. The Bertz CT molecular complexity index is 711. The monoisotopic (exact) mass is 346 g/mol. The molecule has 1 heterocycles. The molecule has 5 nitrogen and oxygen atoms in total. The highest BCUT2D eigenvalue weighted by atomic mass is 32.1. The van der Waals surface area contributed by atoms with Crippen LogP contribution in [0.4, 0.5) is 5.00 Å². The summed E-state index contributed by atoms with van der Waals surface area (Å²) in [4.78, 5) is 25.2. The Balaban J connectivity index is 1.78. The van der Waals surface area contributed by atoms with Crippen molar-refractivity contribution in [1.29, 1.82) is 5.26 Å². The highest BCUT2D eigenvalue weighted by Crippen LogP contribution is 2.43. The zero-order valence-electron chi connectivity index (χ0n) is 13.9. The van der Waals surface area contributed by atoms with E-state index in [0.29, 0.717) is 29.3 Å². The highest BCUT2D eigenvalue weighted by molar-refractivity contribution is 7.16. The van der Waals surface area contributed by atoms with Crippen molar-refractivity contribution in [1.82, 2.24) is 0 Å². The van der Waals surface area contributed by atoms with E-state index in [1.54, 1.807) is 0 Å². The van der Waals surface area contributed by atoms with Gasteiger partial charge in [-0.3, -0.25) is 9.59 Å². The molecule has 3 rings (SSSR count). The average Bonchev–Trinajstić information content (AvgIpc) is 3.11. The summed E-state index contributed by atoms with van der Waals surface area (Å²) in [5.41, 5.74) is 0.721. The van der Waals surface area contributed by atoms with Gasteiger partial charge in [0.15, 0.2) is 0 Å². The van der Waals surface area contributed by atoms with Crippen LogP contribution in [0.5, 0.6) is 0 Å². The SMILES string of the molecule is C[C@H]1CCc2c(sc(NC(=O)CC3(C(=O)O)CCCC3)c2C#N)C1. The lowest BCUT2D eigenvalue weighted by atomic mass is 9.82. The number of nitrogens with zero attached hydrogens (tertiary/aromatic N) is 1. The Morgan fingerprint density at radius 1 is 1.42 bits per heavy atom. The van der Waals surface area contributed by atoms with E-state index in [1.165, 1.54) is 16.2 Å². The first-order valence-corrected chi connectivity index (χ1v) is 9.35. The topological polar surface area (TPSA) is 90.2 Å². The molecule has 6 heteroatoms. The van der Waals surface area contributed by atoms with Gasteiger partial charge in [-0.05, 0) is 43.6 Å². The molecule has 2 aliphatic rings. The van der Waals surface area contributed by atoms with Gasteiger partial charge in [-0.15, -0.1) is 11.3 Å². The molecule has 0 saturated heterocycles. The zero-order valence-corrected chi connectivity index (χ0v) is 14.7. The van der Waals surface area contributed by atoms with Gasteiger partial charge in [0.25, 0.3) is 0 Å². The van der Waals surface area contributed by atoms with Crippen LogP contribution in [0.1, 0.15) is 61.5 Å². The summed E-state index contributed by atoms with van der Waals surface area (Å²) < 4.78 is 0. The van der Waals surface area contributed by atoms with E-state index in [1.807, 2.05) is 0 Å². The summed E-state index contributed by atoms with van der Waals surface area (Å²) in [6.07, 6.45) is 5.70. The van der Waals surface area contributed by atoms with Crippen molar-refractivity contribution in [3.05, 3.63) is 16.0 Å². The van der Waals surface area contributed by atoms with Gasteiger partial charge in [-0.2, -0.15) is 5.26 Å². The highest BCUT2D eigenvalue weighted by Gasteiger charge is 2.43. The third-order valence-electron chi connectivity index (χ3n) is 5.39. The Morgan fingerprint density at radius 2 is 2.12 bits per heavy atom. The maximum absolute atomic E-state index is 12.4. The molecule has 1 amide bonds. The Hall–Kier alpha value is -1.87. The minimum absolute atomic E-state index is 0.00777. The van der Waals surface area contributed by atoms with E-state index in [0.717, 1.165) is 37.7 Å². The predicted octanol–water partition coefficient (Wildman–Crippen LogP) is 3.72. The number of anilines is 1. The van der Waals surface area contributed by atoms with Crippen LogP contribution in [0, 0.1) is 22.7 Å². The molecule has 0 aromatic carbocycles. The molecule has 1 fully saturated rings. The second-order valence-corrected chi connectivity index (χ2v) is 8.29. The number of thiophene rings is 1. The van der Waals surface area contributed by atoms with Gasteiger partial charge in [0.1, 0.15) is 11.1 Å². The summed E-state index contributed by atoms with van der Waals surface area (Å²) in [6.45, 7) is 2.20. The maximum Gasteiger partial charge on any atom is 0.310 e. The number of nitrogens with one attached hydrogen (secondary N) is 1.